The number of aliphatic hydroxyl groups is 1. The van der Waals surface area contributed by atoms with Gasteiger partial charge in [-0.15, -0.1) is 11.8 Å². The minimum Gasteiger partial charge on any atom is -0.467 e. The van der Waals surface area contributed by atoms with Gasteiger partial charge in [-0.2, -0.15) is 0 Å². The Morgan fingerprint density at radius 1 is 1.69 bits per heavy atom. The molecule has 2 nitrogen and oxygen atoms in total. The minimum atomic E-state index is -0.630. The lowest BCUT2D eigenvalue weighted by molar-refractivity contribution is 0.123. The molecule has 0 aliphatic heterocycles. The molecule has 0 aromatic carbocycles. The molecular formula is C9H12O2S2. The fraction of sp³-hybridized carbons (Fsp3) is 0.444. The van der Waals surface area contributed by atoms with E-state index in [0.717, 1.165) is 4.20 Å². The van der Waals surface area contributed by atoms with Crippen LogP contribution in [0.5, 0.6) is 0 Å². The van der Waals surface area contributed by atoms with E-state index in [-0.39, 0.29) is 5.92 Å². The second-order valence-electron chi connectivity index (χ2n) is 2.77. The van der Waals surface area contributed by atoms with E-state index < -0.39 is 6.10 Å². The monoisotopic (exact) mass is 216 g/mol. The summed E-state index contributed by atoms with van der Waals surface area (Å²) in [6.45, 7) is 1.89. The summed E-state index contributed by atoms with van der Waals surface area (Å²) in [7, 11) is 0. The van der Waals surface area contributed by atoms with Crippen molar-refractivity contribution in [3.05, 3.63) is 24.2 Å². The number of furan rings is 1. The van der Waals surface area contributed by atoms with Crippen LogP contribution in [-0.4, -0.2) is 15.6 Å². The van der Waals surface area contributed by atoms with Crippen LogP contribution < -0.4 is 0 Å². The molecule has 0 aliphatic rings. The molecule has 0 unspecified atom stereocenters. The van der Waals surface area contributed by atoms with Gasteiger partial charge in [0.15, 0.2) is 0 Å². The average molecular weight is 216 g/mol. The molecule has 1 heterocycles. The van der Waals surface area contributed by atoms with Gasteiger partial charge in [-0.1, -0.05) is 19.1 Å². The second-order valence-corrected chi connectivity index (χ2v) is 4.32. The molecule has 1 N–H and O–H groups in total. The molecule has 0 radical (unpaired) electrons. The van der Waals surface area contributed by atoms with E-state index in [0.29, 0.717) is 5.76 Å². The van der Waals surface area contributed by atoms with Crippen LogP contribution in [0.15, 0.2) is 22.8 Å². The van der Waals surface area contributed by atoms with Crippen molar-refractivity contribution in [2.24, 2.45) is 5.92 Å². The number of hydrogen-bond acceptors (Lipinski definition) is 4. The largest absolute Gasteiger partial charge is 0.467 e. The third-order valence-electron chi connectivity index (χ3n) is 1.88. The van der Waals surface area contributed by atoms with Gasteiger partial charge < -0.3 is 9.52 Å². The van der Waals surface area contributed by atoms with Crippen LogP contribution in [0.2, 0.25) is 0 Å². The molecule has 4 heteroatoms. The summed E-state index contributed by atoms with van der Waals surface area (Å²) in [5, 5.41) is 9.78. The first kappa shape index (κ1) is 10.8. The Bertz CT molecular complexity index is 269. The van der Waals surface area contributed by atoms with Crippen LogP contribution in [-0.2, 0) is 0 Å². The molecule has 1 aromatic rings. The van der Waals surface area contributed by atoms with Crippen LogP contribution in [0.3, 0.4) is 0 Å². The minimum absolute atomic E-state index is 0.0591. The van der Waals surface area contributed by atoms with Crippen LogP contribution in [0.4, 0.5) is 0 Å². The number of thiocarbonyl (C=S) groups is 1. The Balaban J connectivity index is 2.68. The Morgan fingerprint density at radius 3 is 2.85 bits per heavy atom. The van der Waals surface area contributed by atoms with E-state index in [1.807, 2.05) is 13.2 Å². The molecule has 0 fully saturated rings. The molecule has 0 amide bonds. The molecule has 1 aromatic heterocycles. The lowest BCUT2D eigenvalue weighted by Crippen LogP contribution is -2.14. The normalized spacial score (nSPS) is 15.3. The molecule has 2 atom stereocenters. The third-order valence-corrected chi connectivity index (χ3v) is 3.53. The van der Waals surface area contributed by atoms with E-state index in [1.165, 1.54) is 11.8 Å². The lowest BCUT2D eigenvalue weighted by atomic mass is 10.1. The second kappa shape index (κ2) is 4.79. The highest BCUT2D eigenvalue weighted by Crippen LogP contribution is 2.26. The van der Waals surface area contributed by atoms with Crippen molar-refractivity contribution < 1.29 is 9.52 Å². The summed E-state index contributed by atoms with van der Waals surface area (Å²) in [5.74, 6) is 0.514. The SMILES string of the molecule is CSC(=S)[C@@H](C)[C@@H](O)c1ccco1. The van der Waals surface area contributed by atoms with Gasteiger partial charge in [-0.05, 0) is 18.4 Å². The predicted molar refractivity (Wildman–Crippen MR) is 58.9 cm³/mol. The van der Waals surface area contributed by atoms with Gasteiger partial charge in [0.05, 0.1) is 10.5 Å². The summed E-state index contributed by atoms with van der Waals surface area (Å²) in [4.78, 5) is 0. The predicted octanol–water partition coefficient (Wildman–Crippen LogP) is 2.64. The highest BCUT2D eigenvalue weighted by atomic mass is 32.2. The lowest BCUT2D eigenvalue weighted by Gasteiger charge is -2.16. The van der Waals surface area contributed by atoms with Crippen LogP contribution in [0, 0.1) is 5.92 Å². The zero-order valence-electron chi connectivity index (χ0n) is 7.56. The molecule has 0 aliphatic carbocycles. The van der Waals surface area contributed by atoms with Crippen molar-refractivity contribution >= 4 is 28.2 Å². The van der Waals surface area contributed by atoms with Gasteiger partial charge in [0.1, 0.15) is 11.9 Å². The van der Waals surface area contributed by atoms with E-state index in [1.54, 1.807) is 18.4 Å². The van der Waals surface area contributed by atoms with E-state index in [9.17, 15) is 5.11 Å². The van der Waals surface area contributed by atoms with Crippen LogP contribution in [0.1, 0.15) is 18.8 Å². The Hall–Kier alpha value is -0.320. The van der Waals surface area contributed by atoms with Crippen molar-refractivity contribution in [1.82, 2.24) is 0 Å². The molecule has 13 heavy (non-hydrogen) atoms. The maximum absolute atomic E-state index is 9.78. The highest BCUT2D eigenvalue weighted by molar-refractivity contribution is 8.22. The van der Waals surface area contributed by atoms with E-state index in [2.05, 4.69) is 0 Å². The Kier molecular flexibility index (Phi) is 3.96. The van der Waals surface area contributed by atoms with Gasteiger partial charge in [-0.3, -0.25) is 0 Å². The standard InChI is InChI=1S/C9H12O2S2/c1-6(9(12)13-2)8(10)7-4-3-5-11-7/h3-6,8,10H,1-2H3/t6-,8+/m0/s1. The van der Waals surface area contributed by atoms with Gasteiger partial charge >= 0.3 is 0 Å². The number of rotatable bonds is 3. The average Bonchev–Trinajstić information content (AvgIpc) is 2.67. The molecular weight excluding hydrogens is 204 g/mol. The molecule has 1 rings (SSSR count). The van der Waals surface area contributed by atoms with Crippen molar-refractivity contribution in [1.29, 1.82) is 0 Å². The van der Waals surface area contributed by atoms with Crippen LogP contribution >= 0.6 is 24.0 Å². The molecule has 72 valence electrons. The number of aliphatic hydroxyl groups excluding tert-OH is 1. The highest BCUT2D eigenvalue weighted by Gasteiger charge is 2.21. The van der Waals surface area contributed by atoms with Crippen LogP contribution in [0.25, 0.3) is 0 Å². The summed E-state index contributed by atoms with van der Waals surface area (Å²) in [5.41, 5.74) is 0. The smallest absolute Gasteiger partial charge is 0.132 e. The van der Waals surface area contributed by atoms with E-state index in [4.69, 9.17) is 16.6 Å². The quantitative estimate of drug-likeness (QED) is 0.787. The van der Waals surface area contributed by atoms with Crippen molar-refractivity contribution in [3.63, 3.8) is 0 Å². The zero-order chi connectivity index (χ0) is 9.84. The van der Waals surface area contributed by atoms with Crippen molar-refractivity contribution in [2.45, 2.75) is 13.0 Å². The van der Waals surface area contributed by atoms with Crippen molar-refractivity contribution in [3.8, 4) is 0 Å². The first-order chi connectivity index (χ1) is 6.16. The fourth-order valence-corrected chi connectivity index (χ4v) is 1.65. The molecule has 0 bridgehead atoms. The molecule has 0 saturated carbocycles. The number of thioether (sulfide) groups is 1. The summed E-state index contributed by atoms with van der Waals surface area (Å²) < 4.78 is 5.89. The van der Waals surface area contributed by atoms with Gasteiger partial charge in [0, 0.05) is 5.92 Å². The third kappa shape index (κ3) is 2.56. The Morgan fingerprint density at radius 2 is 2.38 bits per heavy atom. The fourth-order valence-electron chi connectivity index (χ4n) is 1.02. The molecule has 0 saturated heterocycles. The van der Waals surface area contributed by atoms with Gasteiger partial charge in [0.25, 0.3) is 0 Å². The Labute approximate surface area is 87.3 Å². The first-order valence-corrected chi connectivity index (χ1v) is 5.59. The topological polar surface area (TPSA) is 33.4 Å². The maximum Gasteiger partial charge on any atom is 0.132 e. The zero-order valence-corrected chi connectivity index (χ0v) is 9.19. The summed E-state index contributed by atoms with van der Waals surface area (Å²) >= 11 is 6.58. The summed E-state index contributed by atoms with van der Waals surface area (Å²) in [6.07, 6.45) is 2.83. The van der Waals surface area contributed by atoms with Gasteiger partial charge in [-0.25, -0.2) is 0 Å². The number of hydrogen-bond donors (Lipinski definition) is 1. The maximum atomic E-state index is 9.78. The van der Waals surface area contributed by atoms with E-state index >= 15 is 0 Å². The first-order valence-electron chi connectivity index (χ1n) is 3.96. The van der Waals surface area contributed by atoms with Crippen molar-refractivity contribution in [2.75, 3.05) is 6.26 Å². The molecule has 0 spiro atoms. The summed E-state index contributed by atoms with van der Waals surface area (Å²) in [6, 6.07) is 3.51. The van der Waals surface area contributed by atoms with Gasteiger partial charge in [0.2, 0.25) is 0 Å².